The molecule has 0 saturated carbocycles. The molecule has 26 heavy (non-hydrogen) atoms. The van der Waals surface area contributed by atoms with Crippen molar-refractivity contribution in [2.45, 2.75) is 30.5 Å². The SMILES string of the molecule is CCOC(=O)c1c(-c2ccc(C(C)C)cc2)csc1NC(=O)C(Cl)(Cl)Cl. The van der Waals surface area contributed by atoms with Crippen molar-refractivity contribution in [2.75, 3.05) is 11.9 Å². The maximum absolute atomic E-state index is 12.5. The van der Waals surface area contributed by atoms with Crippen molar-refractivity contribution in [3.63, 3.8) is 0 Å². The molecule has 0 aliphatic carbocycles. The summed E-state index contributed by atoms with van der Waals surface area (Å²) in [6, 6.07) is 7.87. The molecule has 4 nitrogen and oxygen atoms in total. The number of esters is 1. The number of anilines is 1. The van der Waals surface area contributed by atoms with Gasteiger partial charge in [0.2, 0.25) is 0 Å². The molecule has 0 radical (unpaired) electrons. The van der Waals surface area contributed by atoms with Gasteiger partial charge in [-0.3, -0.25) is 4.79 Å². The van der Waals surface area contributed by atoms with Crippen molar-refractivity contribution < 1.29 is 14.3 Å². The fraction of sp³-hybridized carbons (Fsp3) is 0.333. The minimum absolute atomic E-state index is 0.207. The minimum atomic E-state index is -2.13. The number of alkyl halides is 3. The zero-order valence-electron chi connectivity index (χ0n) is 14.4. The van der Waals surface area contributed by atoms with Crippen LogP contribution in [0.25, 0.3) is 11.1 Å². The van der Waals surface area contributed by atoms with Crippen LogP contribution < -0.4 is 5.32 Å². The normalized spacial score (nSPS) is 11.5. The van der Waals surface area contributed by atoms with E-state index >= 15 is 0 Å². The Kier molecular flexibility index (Phi) is 6.97. The van der Waals surface area contributed by atoms with Crippen LogP contribution >= 0.6 is 46.1 Å². The molecular formula is C18H18Cl3NO3S. The van der Waals surface area contributed by atoms with Gasteiger partial charge in [0, 0.05) is 10.9 Å². The van der Waals surface area contributed by atoms with Gasteiger partial charge < -0.3 is 10.1 Å². The summed E-state index contributed by atoms with van der Waals surface area (Å²) in [6.45, 7) is 6.13. The molecule has 2 aromatic rings. The molecule has 0 aliphatic rings. The molecule has 0 unspecified atom stereocenters. The van der Waals surface area contributed by atoms with E-state index < -0.39 is 15.7 Å². The molecule has 0 atom stereocenters. The molecule has 1 heterocycles. The Morgan fingerprint density at radius 3 is 2.31 bits per heavy atom. The van der Waals surface area contributed by atoms with Crippen LogP contribution in [-0.2, 0) is 9.53 Å². The standard InChI is InChI=1S/C18H18Cl3NO3S/c1-4-25-16(23)14-13(12-7-5-11(6-8-12)10(2)3)9-26-15(14)22-17(24)18(19,20)21/h5-10H,4H2,1-3H3,(H,22,24). The van der Waals surface area contributed by atoms with E-state index in [-0.39, 0.29) is 17.2 Å². The van der Waals surface area contributed by atoms with Gasteiger partial charge in [-0.05, 0) is 24.0 Å². The first-order chi connectivity index (χ1) is 12.1. The Labute approximate surface area is 171 Å². The van der Waals surface area contributed by atoms with Crippen molar-refractivity contribution in [3.8, 4) is 11.1 Å². The number of carbonyl (C=O) groups excluding carboxylic acids is 2. The summed E-state index contributed by atoms with van der Waals surface area (Å²) in [5.74, 6) is -0.983. The molecule has 1 aromatic heterocycles. The second-order valence-corrected chi connectivity index (χ2v) is 8.96. The number of nitrogens with one attached hydrogen (secondary N) is 1. The molecule has 0 bridgehead atoms. The minimum Gasteiger partial charge on any atom is -0.462 e. The van der Waals surface area contributed by atoms with Crippen LogP contribution in [-0.4, -0.2) is 22.3 Å². The van der Waals surface area contributed by atoms with Gasteiger partial charge >= 0.3 is 5.97 Å². The lowest BCUT2D eigenvalue weighted by Gasteiger charge is -2.12. The largest absolute Gasteiger partial charge is 0.462 e. The summed E-state index contributed by atoms with van der Waals surface area (Å²) < 4.78 is 3.01. The van der Waals surface area contributed by atoms with Crippen molar-refractivity contribution in [1.29, 1.82) is 0 Å². The van der Waals surface area contributed by atoms with E-state index in [0.29, 0.717) is 11.5 Å². The third-order valence-electron chi connectivity index (χ3n) is 3.64. The van der Waals surface area contributed by atoms with E-state index in [2.05, 4.69) is 19.2 Å². The van der Waals surface area contributed by atoms with Gasteiger partial charge in [-0.15, -0.1) is 11.3 Å². The number of hydrogen-bond acceptors (Lipinski definition) is 4. The molecule has 0 spiro atoms. The molecule has 2 rings (SSSR count). The van der Waals surface area contributed by atoms with E-state index in [1.807, 2.05) is 24.3 Å². The van der Waals surface area contributed by atoms with Crippen LogP contribution in [0.3, 0.4) is 0 Å². The van der Waals surface area contributed by atoms with Gasteiger partial charge in [-0.1, -0.05) is 72.9 Å². The highest BCUT2D eigenvalue weighted by atomic mass is 35.6. The van der Waals surface area contributed by atoms with Crippen LogP contribution in [0.1, 0.15) is 42.6 Å². The van der Waals surface area contributed by atoms with E-state index in [9.17, 15) is 9.59 Å². The molecule has 140 valence electrons. The lowest BCUT2D eigenvalue weighted by atomic mass is 9.98. The van der Waals surface area contributed by atoms with Gasteiger partial charge in [-0.2, -0.15) is 0 Å². The number of amides is 1. The lowest BCUT2D eigenvalue weighted by Crippen LogP contribution is -2.27. The van der Waals surface area contributed by atoms with Crippen LogP contribution in [0, 0.1) is 0 Å². The second kappa shape index (κ2) is 8.61. The third-order valence-corrected chi connectivity index (χ3v) is 5.05. The monoisotopic (exact) mass is 433 g/mol. The summed E-state index contributed by atoms with van der Waals surface area (Å²) in [6.07, 6.45) is 0. The lowest BCUT2D eigenvalue weighted by molar-refractivity contribution is -0.115. The first-order valence-corrected chi connectivity index (χ1v) is 9.93. The van der Waals surface area contributed by atoms with Crippen LogP contribution in [0.15, 0.2) is 29.6 Å². The first kappa shape index (κ1) is 21.0. The summed E-state index contributed by atoms with van der Waals surface area (Å²) >= 11 is 18.0. The van der Waals surface area contributed by atoms with E-state index in [1.165, 1.54) is 16.9 Å². The topological polar surface area (TPSA) is 55.4 Å². The molecule has 1 aromatic carbocycles. The number of benzene rings is 1. The van der Waals surface area contributed by atoms with Crippen molar-refractivity contribution in [3.05, 3.63) is 40.8 Å². The number of ether oxygens (including phenoxy) is 1. The molecule has 0 saturated heterocycles. The van der Waals surface area contributed by atoms with Crippen LogP contribution in [0.4, 0.5) is 5.00 Å². The maximum Gasteiger partial charge on any atom is 0.341 e. The van der Waals surface area contributed by atoms with E-state index in [0.717, 1.165) is 5.56 Å². The van der Waals surface area contributed by atoms with E-state index in [4.69, 9.17) is 39.5 Å². The predicted octanol–water partition coefficient (Wildman–Crippen LogP) is 6.02. The third kappa shape index (κ3) is 4.92. The second-order valence-electron chi connectivity index (χ2n) is 5.80. The zero-order valence-corrected chi connectivity index (χ0v) is 17.5. The fourth-order valence-electron chi connectivity index (χ4n) is 2.29. The highest BCUT2D eigenvalue weighted by molar-refractivity contribution is 7.15. The number of thiophene rings is 1. The van der Waals surface area contributed by atoms with Crippen molar-refractivity contribution >= 4 is 63.0 Å². The van der Waals surface area contributed by atoms with Gasteiger partial charge in [-0.25, -0.2) is 4.79 Å². The zero-order chi connectivity index (χ0) is 19.5. The first-order valence-electron chi connectivity index (χ1n) is 7.92. The van der Waals surface area contributed by atoms with Gasteiger partial charge in [0.1, 0.15) is 10.6 Å². The van der Waals surface area contributed by atoms with Gasteiger partial charge in [0.25, 0.3) is 9.70 Å². The van der Waals surface area contributed by atoms with Crippen LogP contribution in [0.2, 0.25) is 0 Å². The number of hydrogen-bond donors (Lipinski definition) is 1. The maximum atomic E-state index is 12.5. The summed E-state index contributed by atoms with van der Waals surface area (Å²) in [4.78, 5) is 24.4. The van der Waals surface area contributed by atoms with Crippen molar-refractivity contribution in [1.82, 2.24) is 0 Å². The Morgan fingerprint density at radius 1 is 1.19 bits per heavy atom. The number of carbonyl (C=O) groups is 2. The Balaban J connectivity index is 2.46. The molecular weight excluding hydrogens is 417 g/mol. The molecule has 0 aliphatic heterocycles. The van der Waals surface area contributed by atoms with Crippen molar-refractivity contribution in [2.24, 2.45) is 0 Å². The number of rotatable bonds is 5. The number of halogens is 3. The Morgan fingerprint density at radius 2 is 1.81 bits per heavy atom. The average Bonchev–Trinajstić information content (AvgIpc) is 2.98. The smallest absolute Gasteiger partial charge is 0.341 e. The summed E-state index contributed by atoms with van der Waals surface area (Å²) in [7, 11) is 0. The predicted molar refractivity (Wildman–Crippen MR) is 109 cm³/mol. The molecule has 1 amide bonds. The summed E-state index contributed by atoms with van der Waals surface area (Å²) in [5, 5.41) is 4.54. The molecule has 8 heteroatoms. The quantitative estimate of drug-likeness (QED) is 0.462. The van der Waals surface area contributed by atoms with Gasteiger partial charge in [0.05, 0.1) is 6.61 Å². The van der Waals surface area contributed by atoms with E-state index in [1.54, 1.807) is 12.3 Å². The Bertz CT molecular complexity index is 795. The highest BCUT2D eigenvalue weighted by Crippen LogP contribution is 2.38. The summed E-state index contributed by atoms with van der Waals surface area (Å²) in [5.41, 5.74) is 2.93. The molecule has 0 fully saturated rings. The molecule has 1 N–H and O–H groups in total. The highest BCUT2D eigenvalue weighted by Gasteiger charge is 2.33. The Hall–Kier alpha value is -1.27. The van der Waals surface area contributed by atoms with Crippen LogP contribution in [0.5, 0.6) is 0 Å². The fourth-order valence-corrected chi connectivity index (χ4v) is 3.38. The van der Waals surface area contributed by atoms with Gasteiger partial charge in [0.15, 0.2) is 0 Å². The average molecular weight is 435 g/mol.